The van der Waals surface area contributed by atoms with Crippen molar-refractivity contribution in [1.82, 2.24) is 15.5 Å². The minimum Gasteiger partial charge on any atom is -0.481 e. The van der Waals surface area contributed by atoms with Crippen LogP contribution in [0.3, 0.4) is 0 Å². The van der Waals surface area contributed by atoms with Gasteiger partial charge in [-0.3, -0.25) is 9.59 Å². The average Bonchev–Trinajstić information content (AvgIpc) is 2.98. The molecule has 0 aliphatic rings. The number of carbonyl (C=O) groups excluding carboxylic acids is 3. The first-order valence-electron chi connectivity index (χ1n) is 16.7. The maximum Gasteiger partial charge on any atom is 0.407 e. The Kier molecular flexibility index (Phi) is 27.3. The molecule has 0 fully saturated rings. The highest BCUT2D eigenvalue weighted by Crippen LogP contribution is 2.07. The number of aliphatic carboxylic acids is 1. The summed E-state index contributed by atoms with van der Waals surface area (Å²) in [5, 5.41) is 13.8. The van der Waals surface area contributed by atoms with E-state index in [1.54, 1.807) is 46.4 Å². The average molecular weight is 712 g/mol. The van der Waals surface area contributed by atoms with Crippen LogP contribution in [0.1, 0.15) is 54.4 Å². The van der Waals surface area contributed by atoms with Crippen molar-refractivity contribution in [2.75, 3.05) is 119 Å². The zero-order chi connectivity index (χ0) is 36.8. The maximum atomic E-state index is 12.9. The van der Waals surface area contributed by atoms with E-state index in [4.69, 9.17) is 47.7 Å². The topological polar surface area (TPSA) is 199 Å². The predicted molar refractivity (Wildman–Crippen MR) is 178 cm³/mol. The molecule has 0 aromatic heterocycles. The SMILES string of the molecule is CC(C)(C)OC(=O)NCCOCCOCCN(CCOCCOCCNC(=O)OC(C)(C)C)C(=O)CCOCCOCCOCCC(=O)O. The lowest BCUT2D eigenvalue weighted by Crippen LogP contribution is -2.37. The van der Waals surface area contributed by atoms with Gasteiger partial charge >= 0.3 is 18.2 Å². The van der Waals surface area contributed by atoms with Gasteiger partial charge in [-0.1, -0.05) is 0 Å². The highest BCUT2D eigenvalue weighted by Gasteiger charge is 2.17. The second-order valence-corrected chi connectivity index (χ2v) is 12.4. The molecule has 0 aromatic carbocycles. The first-order chi connectivity index (χ1) is 23.2. The molecule has 0 heterocycles. The monoisotopic (exact) mass is 711 g/mol. The molecular formula is C32H61N3O14. The lowest BCUT2D eigenvalue weighted by atomic mass is 10.2. The summed E-state index contributed by atoms with van der Waals surface area (Å²) in [6, 6.07) is 0. The second kappa shape index (κ2) is 29.0. The highest BCUT2D eigenvalue weighted by molar-refractivity contribution is 5.76. The molecule has 49 heavy (non-hydrogen) atoms. The number of carboxylic acids is 1. The van der Waals surface area contributed by atoms with Gasteiger partial charge in [-0.2, -0.15) is 0 Å². The second-order valence-electron chi connectivity index (χ2n) is 12.4. The molecule has 0 radical (unpaired) electrons. The number of hydrogen-bond donors (Lipinski definition) is 3. The largest absolute Gasteiger partial charge is 0.481 e. The van der Waals surface area contributed by atoms with Gasteiger partial charge in [-0.25, -0.2) is 9.59 Å². The zero-order valence-electron chi connectivity index (χ0n) is 30.3. The standard InChI is InChI=1S/C32H61N3O14/c1-31(2,3)48-29(39)33-9-15-43-21-23-45-17-11-35(12-18-46-24-22-44-16-10-34-30(40)49-32(4,5)6)27(36)7-13-41-19-25-47-26-20-42-14-8-28(37)38/h7-26H2,1-6H3,(H,33,39)(H,34,40)(H,37,38). The minimum atomic E-state index is -0.914. The van der Waals surface area contributed by atoms with E-state index in [1.807, 2.05) is 0 Å². The Morgan fingerprint density at radius 2 is 0.816 bits per heavy atom. The van der Waals surface area contributed by atoms with Crippen LogP contribution >= 0.6 is 0 Å². The van der Waals surface area contributed by atoms with Crippen LogP contribution in [0, 0.1) is 0 Å². The highest BCUT2D eigenvalue weighted by atomic mass is 16.6. The Balaban J connectivity index is 4.27. The van der Waals surface area contributed by atoms with E-state index >= 15 is 0 Å². The van der Waals surface area contributed by atoms with Crippen molar-refractivity contribution in [2.45, 2.75) is 65.6 Å². The van der Waals surface area contributed by atoms with Crippen LogP contribution in [0.4, 0.5) is 9.59 Å². The Bertz CT molecular complexity index is 834. The molecular weight excluding hydrogens is 650 g/mol. The number of nitrogens with one attached hydrogen (secondary N) is 2. The van der Waals surface area contributed by atoms with E-state index in [9.17, 15) is 19.2 Å². The molecule has 0 rings (SSSR count). The Hall–Kier alpha value is -2.80. The molecule has 0 saturated carbocycles. The molecule has 0 spiro atoms. The van der Waals surface area contributed by atoms with Crippen molar-refractivity contribution < 1.29 is 66.9 Å². The lowest BCUT2D eigenvalue weighted by molar-refractivity contribution is -0.138. The van der Waals surface area contributed by atoms with Crippen LogP contribution in [0.25, 0.3) is 0 Å². The fourth-order valence-electron chi connectivity index (χ4n) is 3.45. The first-order valence-corrected chi connectivity index (χ1v) is 16.7. The number of hydrogen-bond acceptors (Lipinski definition) is 13. The summed E-state index contributed by atoms with van der Waals surface area (Å²) < 4.78 is 48.5. The van der Waals surface area contributed by atoms with Crippen LogP contribution < -0.4 is 10.6 Å². The molecule has 0 bridgehead atoms. The lowest BCUT2D eigenvalue weighted by Gasteiger charge is -2.23. The van der Waals surface area contributed by atoms with Crippen LogP contribution in [0.5, 0.6) is 0 Å². The van der Waals surface area contributed by atoms with Gasteiger partial charge in [0.05, 0.1) is 105 Å². The van der Waals surface area contributed by atoms with Gasteiger partial charge in [0.25, 0.3) is 0 Å². The predicted octanol–water partition coefficient (Wildman–Crippen LogP) is 1.85. The number of alkyl carbamates (subject to hydrolysis) is 2. The van der Waals surface area contributed by atoms with Crippen LogP contribution in [-0.2, 0) is 52.2 Å². The third-order valence-corrected chi connectivity index (χ3v) is 5.60. The smallest absolute Gasteiger partial charge is 0.407 e. The van der Waals surface area contributed by atoms with E-state index < -0.39 is 29.4 Å². The number of nitrogens with zero attached hydrogens (tertiary/aromatic N) is 1. The Labute approximate surface area is 290 Å². The van der Waals surface area contributed by atoms with Crippen LogP contribution in [-0.4, -0.2) is 164 Å². The van der Waals surface area contributed by atoms with Gasteiger partial charge in [0.1, 0.15) is 11.2 Å². The third kappa shape index (κ3) is 34.8. The van der Waals surface area contributed by atoms with Gasteiger partial charge in [-0.05, 0) is 41.5 Å². The Morgan fingerprint density at radius 3 is 1.18 bits per heavy atom. The van der Waals surface area contributed by atoms with Crippen molar-refractivity contribution >= 4 is 24.1 Å². The summed E-state index contributed by atoms with van der Waals surface area (Å²) in [5.74, 6) is -1.03. The van der Waals surface area contributed by atoms with Crippen molar-refractivity contribution in [3.63, 3.8) is 0 Å². The van der Waals surface area contributed by atoms with E-state index in [0.29, 0.717) is 105 Å². The fourth-order valence-corrected chi connectivity index (χ4v) is 3.45. The van der Waals surface area contributed by atoms with Crippen molar-refractivity contribution in [2.24, 2.45) is 0 Å². The summed E-state index contributed by atoms with van der Waals surface area (Å²) in [6.07, 6.45) is -0.893. The van der Waals surface area contributed by atoms with Gasteiger partial charge in [0.2, 0.25) is 5.91 Å². The minimum absolute atomic E-state index is 0.0531. The molecule has 0 unspecified atom stereocenters. The Morgan fingerprint density at radius 1 is 0.490 bits per heavy atom. The molecule has 0 saturated heterocycles. The molecule has 17 heteroatoms. The van der Waals surface area contributed by atoms with Crippen molar-refractivity contribution in [3.8, 4) is 0 Å². The number of rotatable bonds is 30. The fraction of sp³-hybridized carbons (Fsp3) is 0.875. The number of carbonyl (C=O) groups is 4. The first kappa shape index (κ1) is 46.2. The molecule has 3 N–H and O–H groups in total. The van der Waals surface area contributed by atoms with Gasteiger partial charge in [0.15, 0.2) is 0 Å². The molecule has 0 aliphatic carbocycles. The van der Waals surface area contributed by atoms with Crippen LogP contribution in [0.2, 0.25) is 0 Å². The summed E-state index contributed by atoms with van der Waals surface area (Å²) in [5.41, 5.74) is -1.13. The molecule has 288 valence electrons. The third-order valence-electron chi connectivity index (χ3n) is 5.60. The zero-order valence-corrected chi connectivity index (χ0v) is 30.3. The molecule has 0 atom stereocenters. The van der Waals surface area contributed by atoms with E-state index in [1.165, 1.54) is 0 Å². The maximum absolute atomic E-state index is 12.9. The van der Waals surface area contributed by atoms with Crippen molar-refractivity contribution in [3.05, 3.63) is 0 Å². The number of ether oxygens (including phenoxy) is 9. The summed E-state index contributed by atoms with van der Waals surface area (Å²) in [4.78, 5) is 48.3. The van der Waals surface area contributed by atoms with Crippen LogP contribution in [0.15, 0.2) is 0 Å². The molecule has 0 aromatic rings. The molecule has 17 nitrogen and oxygen atoms in total. The van der Waals surface area contributed by atoms with E-state index in [0.717, 1.165) is 0 Å². The summed E-state index contributed by atoms with van der Waals surface area (Å²) in [7, 11) is 0. The molecule has 0 aliphatic heterocycles. The van der Waals surface area contributed by atoms with E-state index in [-0.39, 0.29) is 32.0 Å². The normalized spacial score (nSPS) is 11.6. The summed E-state index contributed by atoms with van der Waals surface area (Å²) in [6.45, 7) is 16.1. The summed E-state index contributed by atoms with van der Waals surface area (Å²) >= 11 is 0. The van der Waals surface area contributed by atoms with E-state index in [2.05, 4.69) is 10.6 Å². The number of carboxylic acid groups (broad SMARTS) is 1. The van der Waals surface area contributed by atoms with Gasteiger partial charge in [0, 0.05) is 26.2 Å². The van der Waals surface area contributed by atoms with Gasteiger partial charge < -0.3 is 63.3 Å². The van der Waals surface area contributed by atoms with Gasteiger partial charge in [-0.15, -0.1) is 0 Å². The number of amides is 3. The molecule has 3 amide bonds. The van der Waals surface area contributed by atoms with Crippen molar-refractivity contribution in [1.29, 1.82) is 0 Å². The quantitative estimate of drug-likeness (QED) is 0.0912.